The molecule has 0 fully saturated rings. The average Bonchev–Trinajstić information content (AvgIpc) is 3.00. The largest absolute Gasteiger partial charge is 0.494 e. The standard InChI is InChI=1S/C21H23N3O2/c1-3-26-17-9-8-15-12-19(22-18(15)13-17)21(25)24-11-10-23(2)20-7-5-4-6-16(20)14-24/h4-9,12-13,22H,3,10-11,14H2,1-2H3. The molecule has 5 heteroatoms. The molecule has 3 aromatic rings. The van der Waals surface area contributed by atoms with Crippen molar-refractivity contribution in [3.63, 3.8) is 0 Å². The van der Waals surface area contributed by atoms with E-state index in [1.807, 2.05) is 48.2 Å². The normalized spacial score (nSPS) is 14.2. The molecule has 134 valence electrons. The quantitative estimate of drug-likeness (QED) is 0.785. The van der Waals surface area contributed by atoms with Crippen LogP contribution in [0, 0.1) is 0 Å². The number of hydrogen-bond donors (Lipinski definition) is 1. The van der Waals surface area contributed by atoms with Crippen LogP contribution in [0.1, 0.15) is 23.0 Å². The Labute approximate surface area is 153 Å². The number of nitrogens with one attached hydrogen (secondary N) is 1. The molecule has 0 bridgehead atoms. The van der Waals surface area contributed by atoms with Crippen LogP contribution in [-0.2, 0) is 6.54 Å². The predicted molar refractivity (Wildman–Crippen MR) is 104 cm³/mol. The highest BCUT2D eigenvalue weighted by Crippen LogP contribution is 2.26. The highest BCUT2D eigenvalue weighted by atomic mass is 16.5. The predicted octanol–water partition coefficient (Wildman–Crippen LogP) is 3.66. The summed E-state index contributed by atoms with van der Waals surface area (Å²) < 4.78 is 5.55. The van der Waals surface area contributed by atoms with Crippen LogP contribution in [-0.4, -0.2) is 42.5 Å². The van der Waals surface area contributed by atoms with Crippen LogP contribution in [0.5, 0.6) is 5.75 Å². The fraction of sp³-hybridized carbons (Fsp3) is 0.286. The van der Waals surface area contributed by atoms with Gasteiger partial charge in [0.1, 0.15) is 11.4 Å². The lowest BCUT2D eigenvalue weighted by Crippen LogP contribution is -2.34. The maximum atomic E-state index is 13.1. The van der Waals surface area contributed by atoms with Gasteiger partial charge >= 0.3 is 0 Å². The molecular formula is C21H23N3O2. The summed E-state index contributed by atoms with van der Waals surface area (Å²) in [6.07, 6.45) is 0. The monoisotopic (exact) mass is 349 g/mol. The summed E-state index contributed by atoms with van der Waals surface area (Å²) in [6.45, 7) is 4.72. The van der Waals surface area contributed by atoms with Gasteiger partial charge in [0.25, 0.3) is 5.91 Å². The van der Waals surface area contributed by atoms with Crippen molar-refractivity contribution in [3.8, 4) is 5.75 Å². The summed E-state index contributed by atoms with van der Waals surface area (Å²) in [5, 5.41) is 1.02. The Kier molecular flexibility index (Phi) is 4.29. The lowest BCUT2D eigenvalue weighted by atomic mass is 10.1. The van der Waals surface area contributed by atoms with Crippen molar-refractivity contribution in [2.75, 3.05) is 31.6 Å². The number of anilines is 1. The van der Waals surface area contributed by atoms with E-state index in [0.29, 0.717) is 25.4 Å². The number of amides is 1. The zero-order chi connectivity index (χ0) is 18.1. The Morgan fingerprint density at radius 3 is 2.85 bits per heavy atom. The molecule has 0 aliphatic carbocycles. The first kappa shape index (κ1) is 16.5. The van der Waals surface area contributed by atoms with Crippen LogP contribution in [0.15, 0.2) is 48.5 Å². The van der Waals surface area contributed by atoms with Gasteiger partial charge in [0, 0.05) is 49.3 Å². The van der Waals surface area contributed by atoms with Gasteiger partial charge in [-0.1, -0.05) is 18.2 Å². The number of para-hydroxylation sites is 1. The highest BCUT2D eigenvalue weighted by molar-refractivity contribution is 5.98. The topological polar surface area (TPSA) is 48.6 Å². The summed E-state index contributed by atoms with van der Waals surface area (Å²) in [6, 6.07) is 16.1. The Balaban J connectivity index is 1.62. The minimum absolute atomic E-state index is 0.0317. The fourth-order valence-electron chi connectivity index (χ4n) is 3.51. The third kappa shape index (κ3) is 3.01. The van der Waals surface area contributed by atoms with E-state index >= 15 is 0 Å². The van der Waals surface area contributed by atoms with Crippen molar-refractivity contribution in [1.29, 1.82) is 0 Å². The van der Waals surface area contributed by atoms with Gasteiger partial charge in [-0.25, -0.2) is 0 Å². The maximum Gasteiger partial charge on any atom is 0.270 e. The molecule has 1 N–H and O–H groups in total. The van der Waals surface area contributed by atoms with Crippen LogP contribution in [0.25, 0.3) is 10.9 Å². The number of benzene rings is 2. The molecule has 1 amide bonds. The van der Waals surface area contributed by atoms with E-state index < -0.39 is 0 Å². The number of likely N-dealkylation sites (N-methyl/N-ethyl adjacent to an activating group) is 1. The van der Waals surface area contributed by atoms with Crippen LogP contribution in [0.2, 0.25) is 0 Å². The van der Waals surface area contributed by atoms with E-state index in [4.69, 9.17) is 4.74 Å². The molecule has 5 nitrogen and oxygen atoms in total. The molecular weight excluding hydrogens is 326 g/mol. The smallest absolute Gasteiger partial charge is 0.270 e. The zero-order valence-corrected chi connectivity index (χ0v) is 15.2. The van der Waals surface area contributed by atoms with E-state index in [-0.39, 0.29) is 5.91 Å². The molecule has 0 saturated carbocycles. The van der Waals surface area contributed by atoms with Crippen molar-refractivity contribution in [3.05, 3.63) is 59.8 Å². The van der Waals surface area contributed by atoms with Gasteiger partial charge in [0.05, 0.1) is 6.61 Å². The van der Waals surface area contributed by atoms with Crippen LogP contribution in [0.3, 0.4) is 0 Å². The van der Waals surface area contributed by atoms with E-state index in [1.54, 1.807) is 0 Å². The van der Waals surface area contributed by atoms with E-state index in [9.17, 15) is 4.79 Å². The number of H-pyrrole nitrogens is 1. The summed E-state index contributed by atoms with van der Waals surface area (Å²) >= 11 is 0. The molecule has 0 unspecified atom stereocenters. The first-order valence-electron chi connectivity index (χ1n) is 8.99. The molecule has 1 aliphatic heterocycles. The SMILES string of the molecule is CCOc1ccc2cc(C(=O)N3CCN(C)c4ccccc4C3)[nH]c2c1. The molecule has 1 aliphatic rings. The van der Waals surface area contributed by atoms with Crippen LogP contribution >= 0.6 is 0 Å². The molecule has 2 aromatic carbocycles. The minimum atomic E-state index is 0.0317. The van der Waals surface area contributed by atoms with Crippen LogP contribution in [0.4, 0.5) is 5.69 Å². The van der Waals surface area contributed by atoms with Gasteiger partial charge in [-0.3, -0.25) is 4.79 Å². The number of ether oxygens (including phenoxy) is 1. The fourth-order valence-corrected chi connectivity index (χ4v) is 3.51. The van der Waals surface area contributed by atoms with Crippen molar-refractivity contribution in [1.82, 2.24) is 9.88 Å². The van der Waals surface area contributed by atoms with Gasteiger partial charge < -0.3 is 19.5 Å². The first-order chi connectivity index (χ1) is 12.7. The number of carbonyl (C=O) groups is 1. The van der Waals surface area contributed by atoms with Crippen molar-refractivity contribution < 1.29 is 9.53 Å². The Hall–Kier alpha value is -2.95. The molecule has 0 atom stereocenters. The van der Waals surface area contributed by atoms with Crippen molar-refractivity contribution in [2.45, 2.75) is 13.5 Å². The summed E-state index contributed by atoms with van der Waals surface area (Å²) in [5.41, 5.74) is 3.92. The Bertz CT molecular complexity index is 947. The summed E-state index contributed by atoms with van der Waals surface area (Å²) in [4.78, 5) is 20.5. The molecule has 1 aromatic heterocycles. The van der Waals surface area contributed by atoms with Gasteiger partial charge in [0.15, 0.2) is 0 Å². The second-order valence-corrected chi connectivity index (χ2v) is 6.64. The summed E-state index contributed by atoms with van der Waals surface area (Å²) in [5.74, 6) is 0.843. The van der Waals surface area contributed by atoms with E-state index in [0.717, 1.165) is 23.2 Å². The lowest BCUT2D eigenvalue weighted by molar-refractivity contribution is 0.0747. The molecule has 2 heterocycles. The maximum absolute atomic E-state index is 13.1. The number of fused-ring (bicyclic) bond motifs is 2. The number of carbonyl (C=O) groups excluding carboxylic acids is 1. The molecule has 26 heavy (non-hydrogen) atoms. The first-order valence-corrected chi connectivity index (χ1v) is 8.99. The van der Waals surface area contributed by atoms with Crippen molar-refractivity contribution >= 4 is 22.5 Å². The number of aromatic amines is 1. The van der Waals surface area contributed by atoms with Crippen molar-refractivity contribution in [2.24, 2.45) is 0 Å². The zero-order valence-electron chi connectivity index (χ0n) is 15.2. The average molecular weight is 349 g/mol. The minimum Gasteiger partial charge on any atom is -0.494 e. The summed E-state index contributed by atoms with van der Waals surface area (Å²) in [7, 11) is 2.07. The second-order valence-electron chi connectivity index (χ2n) is 6.64. The van der Waals surface area contributed by atoms with Gasteiger partial charge in [-0.2, -0.15) is 0 Å². The Morgan fingerprint density at radius 2 is 2.00 bits per heavy atom. The third-order valence-electron chi connectivity index (χ3n) is 4.89. The number of nitrogens with zero attached hydrogens (tertiary/aromatic N) is 2. The molecule has 4 rings (SSSR count). The van der Waals surface area contributed by atoms with E-state index in [1.165, 1.54) is 11.3 Å². The van der Waals surface area contributed by atoms with E-state index in [2.05, 4.69) is 29.1 Å². The third-order valence-corrected chi connectivity index (χ3v) is 4.89. The Morgan fingerprint density at radius 1 is 1.15 bits per heavy atom. The highest BCUT2D eigenvalue weighted by Gasteiger charge is 2.23. The van der Waals surface area contributed by atoms with Gasteiger partial charge in [0.2, 0.25) is 0 Å². The molecule has 0 saturated heterocycles. The molecule has 0 radical (unpaired) electrons. The number of aromatic nitrogens is 1. The second kappa shape index (κ2) is 6.75. The van der Waals surface area contributed by atoms with Crippen LogP contribution < -0.4 is 9.64 Å². The molecule has 0 spiro atoms. The number of hydrogen-bond acceptors (Lipinski definition) is 3. The van der Waals surface area contributed by atoms with Gasteiger partial charge in [-0.15, -0.1) is 0 Å². The van der Waals surface area contributed by atoms with Gasteiger partial charge in [-0.05, 0) is 36.8 Å². The number of rotatable bonds is 3. The lowest BCUT2D eigenvalue weighted by Gasteiger charge is -2.20.